The van der Waals surface area contributed by atoms with Crippen LogP contribution in [0.5, 0.6) is 0 Å². The Labute approximate surface area is 181 Å². The number of ether oxygens (including phenoxy) is 2. The summed E-state index contributed by atoms with van der Waals surface area (Å²) >= 11 is 0. The number of piperidine rings is 2. The van der Waals surface area contributed by atoms with E-state index >= 15 is 0 Å². The van der Waals surface area contributed by atoms with Crippen LogP contribution in [0.1, 0.15) is 32.6 Å². The molecule has 2 aliphatic rings. The maximum atomic E-state index is 11.9. The second-order valence-electron chi connectivity index (χ2n) is 7.22. The molecule has 27 heavy (non-hydrogen) atoms. The van der Waals surface area contributed by atoms with Gasteiger partial charge in [0.15, 0.2) is 5.96 Å². The third-order valence-electron chi connectivity index (χ3n) is 5.49. The molecule has 0 atom stereocenters. The molecule has 158 valence electrons. The number of esters is 1. The van der Waals surface area contributed by atoms with E-state index in [2.05, 4.69) is 20.1 Å². The van der Waals surface area contributed by atoms with Crippen LogP contribution in [-0.4, -0.2) is 88.4 Å². The fourth-order valence-corrected chi connectivity index (χ4v) is 3.79. The molecule has 0 amide bonds. The first-order valence-corrected chi connectivity index (χ1v) is 10.0. The Bertz CT molecular complexity index is 448. The summed E-state index contributed by atoms with van der Waals surface area (Å²) in [7, 11) is 3.60. The lowest BCUT2D eigenvalue weighted by Crippen LogP contribution is -2.48. The summed E-state index contributed by atoms with van der Waals surface area (Å²) in [5.74, 6) is 1.66. The standard InChI is InChI=1S/C19H36N4O3.HI/c1-4-26-18(24)17-7-11-23(12-8-17)19(20-2)21-15-16-5-9-22(10-6-16)13-14-25-3;/h16-17H,4-15H2,1-3H3,(H,20,21);1H. The number of hydrogen-bond acceptors (Lipinski definition) is 5. The van der Waals surface area contributed by atoms with Crippen LogP contribution >= 0.6 is 24.0 Å². The third kappa shape index (κ3) is 8.11. The number of nitrogens with one attached hydrogen (secondary N) is 1. The number of halogens is 1. The molecule has 0 saturated carbocycles. The topological polar surface area (TPSA) is 66.4 Å². The molecule has 0 unspecified atom stereocenters. The molecule has 0 spiro atoms. The molecule has 0 aromatic rings. The van der Waals surface area contributed by atoms with Gasteiger partial charge in [0.1, 0.15) is 0 Å². The van der Waals surface area contributed by atoms with E-state index in [1.165, 1.54) is 12.8 Å². The molecule has 7 nitrogen and oxygen atoms in total. The maximum Gasteiger partial charge on any atom is 0.309 e. The molecule has 0 radical (unpaired) electrons. The Hall–Kier alpha value is -0.610. The molecule has 0 aromatic heterocycles. The van der Waals surface area contributed by atoms with E-state index in [1.807, 2.05) is 14.0 Å². The van der Waals surface area contributed by atoms with Crippen molar-refractivity contribution >= 4 is 35.9 Å². The van der Waals surface area contributed by atoms with E-state index in [0.717, 1.165) is 64.7 Å². The molecule has 0 aliphatic carbocycles. The van der Waals surface area contributed by atoms with E-state index in [9.17, 15) is 4.79 Å². The van der Waals surface area contributed by atoms with E-state index in [0.29, 0.717) is 12.5 Å². The third-order valence-corrected chi connectivity index (χ3v) is 5.49. The lowest BCUT2D eigenvalue weighted by molar-refractivity contribution is -0.149. The van der Waals surface area contributed by atoms with Crippen LogP contribution in [-0.2, 0) is 14.3 Å². The Morgan fingerprint density at radius 1 is 1.15 bits per heavy atom. The molecule has 2 saturated heterocycles. The van der Waals surface area contributed by atoms with Crippen molar-refractivity contribution in [3.05, 3.63) is 0 Å². The first-order chi connectivity index (χ1) is 12.7. The summed E-state index contributed by atoms with van der Waals surface area (Å²) in [6.07, 6.45) is 4.13. The van der Waals surface area contributed by atoms with E-state index in [4.69, 9.17) is 9.47 Å². The van der Waals surface area contributed by atoms with Gasteiger partial charge in [0, 0.05) is 40.3 Å². The number of nitrogens with zero attached hydrogens (tertiary/aromatic N) is 3. The number of guanidine groups is 1. The molecule has 2 rings (SSSR count). The second kappa shape index (κ2) is 13.5. The summed E-state index contributed by atoms with van der Waals surface area (Å²) < 4.78 is 10.3. The van der Waals surface area contributed by atoms with Gasteiger partial charge in [-0.25, -0.2) is 0 Å². The van der Waals surface area contributed by atoms with Crippen LogP contribution in [0, 0.1) is 11.8 Å². The largest absolute Gasteiger partial charge is 0.466 e. The van der Waals surface area contributed by atoms with Gasteiger partial charge in [0.05, 0.1) is 19.1 Å². The van der Waals surface area contributed by atoms with Crippen molar-refractivity contribution in [3.63, 3.8) is 0 Å². The molecule has 2 aliphatic heterocycles. The van der Waals surface area contributed by atoms with Gasteiger partial charge in [-0.15, -0.1) is 24.0 Å². The van der Waals surface area contributed by atoms with Gasteiger partial charge in [0.25, 0.3) is 0 Å². The summed E-state index contributed by atoms with van der Waals surface area (Å²) in [6.45, 7) is 9.18. The fraction of sp³-hybridized carbons (Fsp3) is 0.895. The highest BCUT2D eigenvalue weighted by atomic mass is 127. The summed E-state index contributed by atoms with van der Waals surface area (Å²) in [5.41, 5.74) is 0. The molecular formula is C19H37IN4O3. The lowest BCUT2D eigenvalue weighted by Gasteiger charge is -2.35. The van der Waals surface area contributed by atoms with Crippen molar-refractivity contribution in [2.75, 3.05) is 66.6 Å². The number of hydrogen-bond donors (Lipinski definition) is 1. The average molecular weight is 496 g/mol. The second-order valence-corrected chi connectivity index (χ2v) is 7.22. The van der Waals surface area contributed by atoms with Crippen LogP contribution in [0.3, 0.4) is 0 Å². The lowest BCUT2D eigenvalue weighted by atomic mass is 9.96. The van der Waals surface area contributed by atoms with Gasteiger partial charge in [-0.1, -0.05) is 0 Å². The van der Waals surface area contributed by atoms with Gasteiger partial charge in [-0.2, -0.15) is 0 Å². The monoisotopic (exact) mass is 496 g/mol. The Kier molecular flexibility index (Phi) is 12.3. The Morgan fingerprint density at radius 3 is 2.37 bits per heavy atom. The zero-order chi connectivity index (χ0) is 18.8. The van der Waals surface area contributed by atoms with Gasteiger partial charge in [0.2, 0.25) is 0 Å². The predicted molar refractivity (Wildman–Crippen MR) is 119 cm³/mol. The zero-order valence-electron chi connectivity index (χ0n) is 17.1. The quantitative estimate of drug-likeness (QED) is 0.251. The van der Waals surface area contributed by atoms with Gasteiger partial charge in [-0.3, -0.25) is 9.79 Å². The molecule has 1 N–H and O–H groups in total. The Morgan fingerprint density at radius 2 is 1.81 bits per heavy atom. The highest BCUT2D eigenvalue weighted by Gasteiger charge is 2.27. The number of carbonyl (C=O) groups excluding carboxylic acids is 1. The summed E-state index contributed by atoms with van der Waals surface area (Å²) in [6, 6.07) is 0. The first kappa shape index (κ1) is 24.4. The van der Waals surface area contributed by atoms with E-state index in [1.54, 1.807) is 7.11 Å². The number of methoxy groups -OCH3 is 1. The minimum Gasteiger partial charge on any atom is -0.466 e. The maximum absolute atomic E-state index is 11.9. The highest BCUT2D eigenvalue weighted by molar-refractivity contribution is 14.0. The fourth-order valence-electron chi connectivity index (χ4n) is 3.79. The number of carbonyl (C=O) groups is 1. The molecule has 0 bridgehead atoms. The molecule has 2 fully saturated rings. The van der Waals surface area contributed by atoms with E-state index in [-0.39, 0.29) is 35.9 Å². The zero-order valence-corrected chi connectivity index (χ0v) is 19.4. The van der Waals surface area contributed by atoms with Crippen molar-refractivity contribution in [2.24, 2.45) is 16.8 Å². The average Bonchev–Trinajstić information content (AvgIpc) is 2.68. The molecule has 2 heterocycles. The normalized spacial score (nSPS) is 20.3. The van der Waals surface area contributed by atoms with Crippen LogP contribution in [0.25, 0.3) is 0 Å². The number of aliphatic imine (C=N–C) groups is 1. The van der Waals surface area contributed by atoms with E-state index < -0.39 is 0 Å². The minimum atomic E-state index is -0.0460. The van der Waals surface area contributed by atoms with Crippen LogP contribution in [0.2, 0.25) is 0 Å². The molecule has 0 aromatic carbocycles. The van der Waals surface area contributed by atoms with Gasteiger partial charge < -0.3 is 24.6 Å². The van der Waals surface area contributed by atoms with Crippen molar-refractivity contribution in [3.8, 4) is 0 Å². The summed E-state index contributed by atoms with van der Waals surface area (Å²) in [5, 5.41) is 3.55. The predicted octanol–water partition coefficient (Wildman–Crippen LogP) is 1.81. The highest BCUT2D eigenvalue weighted by Crippen LogP contribution is 2.19. The van der Waals surface area contributed by atoms with Crippen LogP contribution in [0.4, 0.5) is 0 Å². The van der Waals surface area contributed by atoms with Crippen molar-refractivity contribution < 1.29 is 14.3 Å². The number of likely N-dealkylation sites (tertiary alicyclic amines) is 2. The number of rotatable bonds is 7. The van der Waals surface area contributed by atoms with Crippen molar-refractivity contribution in [1.82, 2.24) is 15.1 Å². The molecule has 8 heteroatoms. The SMILES string of the molecule is CCOC(=O)C1CCN(C(=NC)NCC2CCN(CCOC)CC2)CC1.I. The molecular weight excluding hydrogens is 459 g/mol. The first-order valence-electron chi connectivity index (χ1n) is 10.0. The van der Waals surface area contributed by atoms with Gasteiger partial charge in [-0.05, 0) is 51.6 Å². The van der Waals surface area contributed by atoms with Crippen molar-refractivity contribution in [1.29, 1.82) is 0 Å². The van der Waals surface area contributed by atoms with Gasteiger partial charge >= 0.3 is 5.97 Å². The summed E-state index contributed by atoms with van der Waals surface area (Å²) in [4.78, 5) is 21.1. The van der Waals surface area contributed by atoms with Crippen LogP contribution in [0.15, 0.2) is 4.99 Å². The van der Waals surface area contributed by atoms with Crippen LogP contribution < -0.4 is 5.32 Å². The smallest absolute Gasteiger partial charge is 0.309 e. The minimum absolute atomic E-state index is 0. The Balaban J connectivity index is 0.00000364. The van der Waals surface area contributed by atoms with Crippen molar-refractivity contribution in [2.45, 2.75) is 32.6 Å².